The predicted octanol–water partition coefficient (Wildman–Crippen LogP) is 3.45. The third kappa shape index (κ3) is 5.26. The van der Waals surface area contributed by atoms with Gasteiger partial charge in [0.15, 0.2) is 0 Å². The molecule has 0 spiro atoms. The minimum absolute atomic E-state index is 0.512. The van der Waals surface area contributed by atoms with Crippen LogP contribution >= 0.6 is 23.2 Å². The Balaban J connectivity index is 2.49. The summed E-state index contributed by atoms with van der Waals surface area (Å²) < 4.78 is 0. The molecule has 1 rings (SSSR count). The molecule has 0 fully saturated rings. The first-order valence-corrected chi connectivity index (χ1v) is 6.59. The van der Waals surface area contributed by atoms with Crippen molar-refractivity contribution >= 4 is 23.2 Å². The van der Waals surface area contributed by atoms with E-state index >= 15 is 0 Å². The predicted molar refractivity (Wildman–Crippen MR) is 71.7 cm³/mol. The van der Waals surface area contributed by atoms with Gasteiger partial charge >= 0.3 is 0 Å². The first kappa shape index (κ1) is 14.8. The molecule has 1 aromatic rings. The van der Waals surface area contributed by atoms with Gasteiger partial charge in [0.2, 0.25) is 0 Å². The molecule has 0 bridgehead atoms. The molecule has 0 aliphatic rings. The van der Waals surface area contributed by atoms with E-state index in [9.17, 15) is 10.2 Å². The second kappa shape index (κ2) is 7.22. The van der Waals surface area contributed by atoms with Gasteiger partial charge in [0.05, 0.1) is 12.2 Å². The summed E-state index contributed by atoms with van der Waals surface area (Å²) in [4.78, 5) is 0. The highest BCUT2D eigenvalue weighted by Gasteiger charge is 2.15. The van der Waals surface area contributed by atoms with Crippen LogP contribution < -0.4 is 0 Å². The van der Waals surface area contributed by atoms with E-state index in [2.05, 4.69) is 0 Å². The molecule has 2 nitrogen and oxygen atoms in total. The summed E-state index contributed by atoms with van der Waals surface area (Å²) in [6.45, 7) is 1.98. The van der Waals surface area contributed by atoms with Gasteiger partial charge in [0.1, 0.15) is 0 Å². The lowest BCUT2D eigenvalue weighted by atomic mass is 10.0. The zero-order valence-corrected chi connectivity index (χ0v) is 11.4. The molecule has 0 heterocycles. The number of halogens is 2. The number of rotatable bonds is 6. The topological polar surface area (TPSA) is 40.5 Å². The number of aliphatic hydroxyl groups is 2. The Kier molecular flexibility index (Phi) is 6.28. The molecule has 1 aromatic carbocycles. The molecule has 2 N–H and O–H groups in total. The highest BCUT2D eigenvalue weighted by Crippen LogP contribution is 2.20. The molecule has 2 unspecified atom stereocenters. The van der Waals surface area contributed by atoms with E-state index in [0.29, 0.717) is 29.3 Å². The Bertz CT molecular complexity index is 335. The average Bonchev–Trinajstić information content (AvgIpc) is 2.25. The molecule has 4 heteroatoms. The maximum absolute atomic E-state index is 9.73. The van der Waals surface area contributed by atoms with E-state index in [-0.39, 0.29) is 0 Å². The van der Waals surface area contributed by atoms with Gasteiger partial charge in [-0.15, -0.1) is 0 Å². The number of hydrogen-bond donors (Lipinski definition) is 2. The number of aryl methyl sites for hydroxylation is 1. The van der Waals surface area contributed by atoms with Crippen molar-refractivity contribution in [1.82, 2.24) is 0 Å². The van der Waals surface area contributed by atoms with Crippen molar-refractivity contribution in [2.75, 3.05) is 0 Å². The molecule has 17 heavy (non-hydrogen) atoms. The fraction of sp³-hybridized carbons (Fsp3) is 0.538. The molecule has 0 aliphatic carbocycles. The molecular formula is C13H18Cl2O2. The van der Waals surface area contributed by atoms with Crippen LogP contribution in [-0.4, -0.2) is 22.4 Å². The van der Waals surface area contributed by atoms with Crippen LogP contribution in [0.25, 0.3) is 0 Å². The van der Waals surface area contributed by atoms with Crippen LogP contribution in [0.15, 0.2) is 18.2 Å². The Hall–Kier alpha value is -0.280. The van der Waals surface area contributed by atoms with Crippen LogP contribution in [0.5, 0.6) is 0 Å². The number of benzene rings is 1. The summed E-state index contributed by atoms with van der Waals surface area (Å²) in [7, 11) is 0. The molecule has 0 amide bonds. The quantitative estimate of drug-likeness (QED) is 0.836. The molecule has 0 saturated heterocycles. The summed E-state index contributed by atoms with van der Waals surface area (Å²) in [5.74, 6) is 0. The molecular weight excluding hydrogens is 259 g/mol. The maximum Gasteiger partial charge on any atom is 0.0802 e. The average molecular weight is 277 g/mol. The SMILES string of the molecule is CCCC(O)C(O)CCc1cc(Cl)cc(Cl)c1. The standard InChI is InChI=1S/C13H18Cl2O2/c1-2-3-12(16)13(17)5-4-9-6-10(14)8-11(15)7-9/h6-8,12-13,16-17H,2-5H2,1H3. The zero-order chi connectivity index (χ0) is 12.8. The van der Waals surface area contributed by atoms with Crippen LogP contribution in [0.1, 0.15) is 31.7 Å². The van der Waals surface area contributed by atoms with Gasteiger partial charge in [0, 0.05) is 10.0 Å². The molecule has 2 atom stereocenters. The Labute approximate surface area is 112 Å². The van der Waals surface area contributed by atoms with Gasteiger partial charge in [-0.1, -0.05) is 36.5 Å². The van der Waals surface area contributed by atoms with Gasteiger partial charge in [0.25, 0.3) is 0 Å². The van der Waals surface area contributed by atoms with Crippen LogP contribution in [-0.2, 0) is 6.42 Å². The van der Waals surface area contributed by atoms with Gasteiger partial charge in [-0.05, 0) is 43.0 Å². The first-order chi connectivity index (χ1) is 8.02. The monoisotopic (exact) mass is 276 g/mol. The van der Waals surface area contributed by atoms with Crippen molar-refractivity contribution in [2.45, 2.75) is 44.8 Å². The number of hydrogen-bond acceptors (Lipinski definition) is 2. The molecule has 0 aliphatic heterocycles. The maximum atomic E-state index is 9.73. The molecule has 0 radical (unpaired) electrons. The van der Waals surface area contributed by atoms with E-state index in [4.69, 9.17) is 23.2 Å². The Morgan fingerprint density at radius 1 is 1.00 bits per heavy atom. The molecule has 0 aromatic heterocycles. The Morgan fingerprint density at radius 3 is 2.06 bits per heavy atom. The van der Waals surface area contributed by atoms with Crippen LogP contribution in [0.2, 0.25) is 10.0 Å². The summed E-state index contributed by atoms with van der Waals surface area (Å²) in [6.07, 6.45) is 1.32. The van der Waals surface area contributed by atoms with Crippen molar-refractivity contribution in [3.63, 3.8) is 0 Å². The van der Waals surface area contributed by atoms with Crippen molar-refractivity contribution in [1.29, 1.82) is 0 Å². The van der Waals surface area contributed by atoms with Crippen LogP contribution in [0.4, 0.5) is 0 Å². The smallest absolute Gasteiger partial charge is 0.0802 e. The minimum Gasteiger partial charge on any atom is -0.390 e. The highest BCUT2D eigenvalue weighted by molar-refractivity contribution is 6.34. The van der Waals surface area contributed by atoms with E-state index in [1.165, 1.54) is 0 Å². The zero-order valence-electron chi connectivity index (χ0n) is 9.87. The lowest BCUT2D eigenvalue weighted by Gasteiger charge is -2.17. The number of aliphatic hydroxyl groups excluding tert-OH is 2. The van der Waals surface area contributed by atoms with Gasteiger partial charge < -0.3 is 10.2 Å². The van der Waals surface area contributed by atoms with Crippen LogP contribution in [0.3, 0.4) is 0 Å². The van der Waals surface area contributed by atoms with Gasteiger partial charge in [-0.25, -0.2) is 0 Å². The summed E-state index contributed by atoms with van der Waals surface area (Å²) >= 11 is 11.8. The second-order valence-corrected chi connectivity index (χ2v) is 5.11. The van der Waals surface area contributed by atoms with E-state index in [0.717, 1.165) is 12.0 Å². The third-order valence-electron chi connectivity index (χ3n) is 2.68. The van der Waals surface area contributed by atoms with Crippen LogP contribution in [0, 0.1) is 0 Å². The first-order valence-electron chi connectivity index (χ1n) is 5.84. The fourth-order valence-corrected chi connectivity index (χ4v) is 2.32. The highest BCUT2D eigenvalue weighted by atomic mass is 35.5. The van der Waals surface area contributed by atoms with Gasteiger partial charge in [-0.3, -0.25) is 0 Å². The van der Waals surface area contributed by atoms with Gasteiger partial charge in [-0.2, -0.15) is 0 Å². The molecule has 96 valence electrons. The minimum atomic E-state index is -0.687. The molecule has 0 saturated carbocycles. The third-order valence-corrected chi connectivity index (χ3v) is 3.12. The van der Waals surface area contributed by atoms with Crippen molar-refractivity contribution < 1.29 is 10.2 Å². The second-order valence-electron chi connectivity index (χ2n) is 4.24. The lowest BCUT2D eigenvalue weighted by Crippen LogP contribution is -2.26. The van der Waals surface area contributed by atoms with E-state index in [1.54, 1.807) is 6.07 Å². The summed E-state index contributed by atoms with van der Waals surface area (Å²) in [6, 6.07) is 5.33. The van der Waals surface area contributed by atoms with Crippen molar-refractivity contribution in [3.05, 3.63) is 33.8 Å². The van der Waals surface area contributed by atoms with Crippen molar-refractivity contribution in [2.24, 2.45) is 0 Å². The summed E-state index contributed by atoms with van der Waals surface area (Å²) in [5.41, 5.74) is 0.977. The largest absolute Gasteiger partial charge is 0.390 e. The summed E-state index contributed by atoms with van der Waals surface area (Å²) in [5, 5.41) is 20.5. The lowest BCUT2D eigenvalue weighted by molar-refractivity contribution is 0.00981. The normalized spacial score (nSPS) is 14.6. The Morgan fingerprint density at radius 2 is 1.53 bits per heavy atom. The fourth-order valence-electron chi connectivity index (χ4n) is 1.75. The van der Waals surface area contributed by atoms with E-state index < -0.39 is 12.2 Å². The van der Waals surface area contributed by atoms with Crippen molar-refractivity contribution in [3.8, 4) is 0 Å². The van der Waals surface area contributed by atoms with E-state index in [1.807, 2.05) is 19.1 Å².